The molecule has 1 amide bonds. The number of aryl methyl sites for hydroxylation is 3. The van der Waals surface area contributed by atoms with Gasteiger partial charge in [0.15, 0.2) is 0 Å². The SMILES string of the molecule is CCOC(=O)C1=C(C)N(c2ccc(OCC)cc2)C(=O)/C1=C\c1cc(C)n(-c2cc(C)ccc2C)c1C. The van der Waals surface area contributed by atoms with E-state index in [9.17, 15) is 9.59 Å². The Morgan fingerprint density at radius 2 is 1.62 bits per heavy atom. The first-order valence-electron chi connectivity index (χ1n) is 12.6. The zero-order valence-corrected chi connectivity index (χ0v) is 22.6. The fourth-order valence-electron chi connectivity index (χ4n) is 4.87. The van der Waals surface area contributed by atoms with Crippen molar-refractivity contribution in [3.8, 4) is 11.4 Å². The van der Waals surface area contributed by atoms with Crippen LogP contribution in [0.2, 0.25) is 0 Å². The van der Waals surface area contributed by atoms with E-state index in [1.54, 1.807) is 18.7 Å². The summed E-state index contributed by atoms with van der Waals surface area (Å²) >= 11 is 0. The summed E-state index contributed by atoms with van der Waals surface area (Å²) in [5, 5.41) is 0. The van der Waals surface area contributed by atoms with E-state index in [0.717, 1.165) is 34.0 Å². The van der Waals surface area contributed by atoms with Gasteiger partial charge in [0.05, 0.1) is 24.4 Å². The summed E-state index contributed by atoms with van der Waals surface area (Å²) in [6, 6.07) is 15.7. The minimum atomic E-state index is -0.503. The smallest absolute Gasteiger partial charge is 0.340 e. The van der Waals surface area contributed by atoms with Crippen molar-refractivity contribution in [1.29, 1.82) is 0 Å². The van der Waals surface area contributed by atoms with E-state index >= 15 is 0 Å². The second-order valence-electron chi connectivity index (χ2n) is 9.26. The van der Waals surface area contributed by atoms with E-state index in [0.29, 0.717) is 23.6 Å². The molecule has 1 aromatic heterocycles. The predicted molar refractivity (Wildman–Crippen MR) is 147 cm³/mol. The summed E-state index contributed by atoms with van der Waals surface area (Å²) in [6.45, 7) is 14.5. The molecule has 0 bridgehead atoms. The van der Waals surface area contributed by atoms with Gasteiger partial charge >= 0.3 is 5.97 Å². The summed E-state index contributed by atoms with van der Waals surface area (Å²) in [5.74, 6) is -0.0441. The van der Waals surface area contributed by atoms with E-state index in [1.165, 1.54) is 5.56 Å². The largest absolute Gasteiger partial charge is 0.494 e. The third-order valence-electron chi connectivity index (χ3n) is 6.66. The van der Waals surface area contributed by atoms with Crippen LogP contribution < -0.4 is 9.64 Å². The molecule has 0 fully saturated rings. The van der Waals surface area contributed by atoms with Crippen molar-refractivity contribution < 1.29 is 19.1 Å². The molecule has 6 heteroatoms. The van der Waals surface area contributed by atoms with Gasteiger partial charge in [-0.05, 0) is 108 Å². The van der Waals surface area contributed by atoms with Crippen LogP contribution in [0.5, 0.6) is 5.75 Å². The van der Waals surface area contributed by atoms with Crippen LogP contribution in [0, 0.1) is 27.7 Å². The lowest BCUT2D eigenvalue weighted by molar-refractivity contribution is -0.138. The molecule has 0 unspecified atom stereocenters. The topological polar surface area (TPSA) is 60.8 Å². The van der Waals surface area contributed by atoms with E-state index < -0.39 is 5.97 Å². The number of esters is 1. The van der Waals surface area contributed by atoms with Gasteiger partial charge in [0.25, 0.3) is 5.91 Å². The van der Waals surface area contributed by atoms with Gasteiger partial charge in [-0.1, -0.05) is 12.1 Å². The highest BCUT2D eigenvalue weighted by molar-refractivity contribution is 6.23. The van der Waals surface area contributed by atoms with E-state index in [2.05, 4.69) is 42.7 Å². The number of carbonyl (C=O) groups excluding carboxylic acids is 2. The van der Waals surface area contributed by atoms with Crippen LogP contribution in [0.4, 0.5) is 5.69 Å². The van der Waals surface area contributed by atoms with Crippen molar-refractivity contribution in [2.45, 2.75) is 48.5 Å². The molecule has 2 heterocycles. The molecule has 6 nitrogen and oxygen atoms in total. The van der Waals surface area contributed by atoms with Crippen molar-refractivity contribution in [3.63, 3.8) is 0 Å². The van der Waals surface area contributed by atoms with E-state index in [1.807, 2.05) is 51.1 Å². The lowest BCUT2D eigenvalue weighted by Crippen LogP contribution is -2.24. The Bertz CT molecular complexity index is 1420. The lowest BCUT2D eigenvalue weighted by Gasteiger charge is -2.18. The van der Waals surface area contributed by atoms with Gasteiger partial charge in [0.2, 0.25) is 0 Å². The Balaban J connectivity index is 1.83. The molecule has 4 rings (SSSR count). The maximum atomic E-state index is 13.8. The Morgan fingerprint density at radius 1 is 0.919 bits per heavy atom. The number of hydrogen-bond donors (Lipinski definition) is 0. The standard InChI is InChI=1S/C31H34N2O4/c1-8-36-26-14-12-25(13-15-26)33-23(7)29(31(35)37-9-2)27(30(33)34)18-24-17-21(5)32(22(24)6)28-16-19(3)10-11-20(28)4/h10-18H,8-9H2,1-7H3/b27-18-. The highest BCUT2D eigenvalue weighted by Gasteiger charge is 2.38. The zero-order chi connectivity index (χ0) is 26.9. The van der Waals surface area contributed by atoms with Gasteiger partial charge in [-0.15, -0.1) is 0 Å². The molecule has 1 aliphatic rings. The van der Waals surface area contributed by atoms with Crippen molar-refractivity contribution in [2.24, 2.45) is 0 Å². The van der Waals surface area contributed by atoms with Crippen LogP contribution in [-0.4, -0.2) is 29.7 Å². The Labute approximate surface area is 218 Å². The number of benzene rings is 2. The first-order chi connectivity index (χ1) is 17.7. The lowest BCUT2D eigenvalue weighted by atomic mass is 10.0. The molecule has 0 N–H and O–H groups in total. The van der Waals surface area contributed by atoms with Crippen LogP contribution in [0.15, 0.2) is 65.4 Å². The van der Waals surface area contributed by atoms with Crippen LogP contribution in [0.25, 0.3) is 11.8 Å². The monoisotopic (exact) mass is 498 g/mol. The van der Waals surface area contributed by atoms with Crippen LogP contribution in [0.1, 0.15) is 48.8 Å². The molecule has 0 saturated carbocycles. The molecule has 2 aromatic carbocycles. The Morgan fingerprint density at radius 3 is 2.27 bits per heavy atom. The molecule has 3 aromatic rings. The Kier molecular flexibility index (Phi) is 7.39. The third-order valence-corrected chi connectivity index (χ3v) is 6.66. The van der Waals surface area contributed by atoms with Gasteiger partial charge in [0.1, 0.15) is 5.75 Å². The van der Waals surface area contributed by atoms with Crippen molar-refractivity contribution >= 4 is 23.6 Å². The molecule has 0 saturated heterocycles. The average molecular weight is 499 g/mol. The summed E-state index contributed by atoms with van der Waals surface area (Å²) < 4.78 is 13.1. The molecule has 192 valence electrons. The molecular weight excluding hydrogens is 464 g/mol. The van der Waals surface area contributed by atoms with Gasteiger partial charge < -0.3 is 14.0 Å². The quantitative estimate of drug-likeness (QED) is 0.280. The minimum Gasteiger partial charge on any atom is -0.494 e. The number of ether oxygens (including phenoxy) is 2. The third kappa shape index (κ3) is 4.84. The average Bonchev–Trinajstić information content (AvgIpc) is 3.27. The van der Waals surface area contributed by atoms with Crippen molar-refractivity contribution in [1.82, 2.24) is 4.57 Å². The number of aromatic nitrogens is 1. The number of anilines is 1. The van der Waals surface area contributed by atoms with Gasteiger partial charge in [-0.25, -0.2) is 4.79 Å². The molecule has 1 aliphatic heterocycles. The summed E-state index contributed by atoms with van der Waals surface area (Å²) in [4.78, 5) is 28.4. The molecule has 37 heavy (non-hydrogen) atoms. The van der Waals surface area contributed by atoms with Crippen molar-refractivity contribution in [2.75, 3.05) is 18.1 Å². The summed E-state index contributed by atoms with van der Waals surface area (Å²) in [7, 11) is 0. The number of nitrogens with zero attached hydrogens (tertiary/aromatic N) is 2. The number of allylic oxidation sites excluding steroid dienone is 1. The highest BCUT2D eigenvalue weighted by Crippen LogP contribution is 2.37. The minimum absolute atomic E-state index is 0.223. The number of rotatable bonds is 7. The first-order valence-corrected chi connectivity index (χ1v) is 12.6. The van der Waals surface area contributed by atoms with Crippen molar-refractivity contribution in [3.05, 3.63) is 93.5 Å². The van der Waals surface area contributed by atoms with Crippen LogP contribution in [0.3, 0.4) is 0 Å². The second-order valence-corrected chi connectivity index (χ2v) is 9.26. The van der Waals surface area contributed by atoms with Crippen LogP contribution in [-0.2, 0) is 14.3 Å². The van der Waals surface area contributed by atoms with Gasteiger partial charge in [0, 0.05) is 28.5 Å². The molecular formula is C31H34N2O4. The van der Waals surface area contributed by atoms with Gasteiger partial charge in [-0.3, -0.25) is 9.69 Å². The number of amides is 1. The first kappa shape index (κ1) is 26.0. The molecule has 0 aliphatic carbocycles. The van der Waals surface area contributed by atoms with E-state index in [-0.39, 0.29) is 18.1 Å². The van der Waals surface area contributed by atoms with E-state index in [4.69, 9.17) is 9.47 Å². The number of hydrogen-bond acceptors (Lipinski definition) is 4. The maximum Gasteiger partial charge on any atom is 0.340 e. The Hall–Kier alpha value is -4.06. The second kappa shape index (κ2) is 10.5. The van der Waals surface area contributed by atoms with Gasteiger partial charge in [-0.2, -0.15) is 0 Å². The molecule has 0 atom stereocenters. The number of carbonyl (C=O) groups is 2. The fraction of sp³-hybridized carbons (Fsp3) is 0.290. The molecule has 0 radical (unpaired) electrons. The fourth-order valence-corrected chi connectivity index (χ4v) is 4.87. The highest BCUT2D eigenvalue weighted by atomic mass is 16.5. The summed E-state index contributed by atoms with van der Waals surface area (Å²) in [6.07, 6.45) is 1.82. The molecule has 0 spiro atoms. The maximum absolute atomic E-state index is 13.8. The predicted octanol–water partition coefficient (Wildman–Crippen LogP) is 6.38. The normalized spacial score (nSPS) is 14.6. The summed E-state index contributed by atoms with van der Waals surface area (Å²) in [5.41, 5.74) is 8.18. The van der Waals surface area contributed by atoms with Crippen LogP contribution >= 0.6 is 0 Å². The zero-order valence-electron chi connectivity index (χ0n) is 22.6.